The molecule has 0 atom stereocenters. The maximum Gasteiger partial charge on any atom is 0.303 e. The first kappa shape index (κ1) is 29.7. The van der Waals surface area contributed by atoms with Crippen LogP contribution >= 0.6 is 0 Å². The molecule has 0 fully saturated rings. The zero-order valence-electron chi connectivity index (χ0n) is 18.5. The molecule has 0 aliphatic rings. The van der Waals surface area contributed by atoms with Gasteiger partial charge in [-0.15, -0.1) is 0 Å². The van der Waals surface area contributed by atoms with Gasteiger partial charge in [0.1, 0.15) is 0 Å². The molecule has 0 aliphatic carbocycles. The Balaban J connectivity index is 3.18. The van der Waals surface area contributed by atoms with Crippen molar-refractivity contribution >= 4 is 23.8 Å². The number of carboxylic acids is 2. The van der Waals surface area contributed by atoms with E-state index in [4.69, 9.17) is 29.2 Å². The van der Waals surface area contributed by atoms with Crippen LogP contribution in [0.3, 0.4) is 0 Å². The van der Waals surface area contributed by atoms with Crippen LogP contribution in [0.25, 0.3) is 0 Å². The van der Waals surface area contributed by atoms with Gasteiger partial charge < -0.3 is 39.8 Å². The number of carboxylic acid groups (broad SMARTS) is 2. The quantitative estimate of drug-likeness (QED) is 0.148. The van der Waals surface area contributed by atoms with Gasteiger partial charge in [-0.1, -0.05) is 0 Å². The van der Waals surface area contributed by atoms with Gasteiger partial charge in [0.2, 0.25) is 11.8 Å². The Kier molecular flexibility index (Phi) is 20.4. The Morgan fingerprint density at radius 2 is 0.812 bits per heavy atom. The largest absolute Gasteiger partial charge is 0.481 e. The fraction of sp³-hybridized carbons (Fsp3) is 0.800. The van der Waals surface area contributed by atoms with Crippen LogP contribution in [0, 0.1) is 0 Å². The Labute approximate surface area is 187 Å². The monoisotopic (exact) mass is 464 g/mol. The Morgan fingerprint density at radius 1 is 0.500 bits per heavy atom. The Morgan fingerprint density at radius 3 is 1.12 bits per heavy atom. The number of aliphatic carboxylic acids is 2. The van der Waals surface area contributed by atoms with Gasteiger partial charge in [0.05, 0.1) is 52.5 Å². The lowest BCUT2D eigenvalue weighted by Gasteiger charge is -2.08. The second-order valence-electron chi connectivity index (χ2n) is 6.64. The van der Waals surface area contributed by atoms with Crippen molar-refractivity contribution in [2.24, 2.45) is 0 Å². The molecule has 0 saturated carbocycles. The number of hydrogen-bond donors (Lipinski definition) is 4. The third-order valence-corrected chi connectivity index (χ3v) is 3.82. The number of ether oxygens (including phenoxy) is 4. The van der Waals surface area contributed by atoms with Gasteiger partial charge in [-0.05, 0) is 12.8 Å². The molecule has 0 spiro atoms. The van der Waals surface area contributed by atoms with Crippen molar-refractivity contribution in [3.63, 3.8) is 0 Å². The van der Waals surface area contributed by atoms with Gasteiger partial charge in [0, 0.05) is 39.1 Å². The van der Waals surface area contributed by atoms with Crippen molar-refractivity contribution in [2.45, 2.75) is 38.5 Å². The number of rotatable bonds is 23. The van der Waals surface area contributed by atoms with Crippen molar-refractivity contribution in [1.29, 1.82) is 0 Å². The molecule has 2 amide bonds. The van der Waals surface area contributed by atoms with Gasteiger partial charge in [-0.3, -0.25) is 19.2 Å². The number of nitrogens with one attached hydrogen (secondary N) is 2. The van der Waals surface area contributed by atoms with Gasteiger partial charge in [0.25, 0.3) is 0 Å². The maximum atomic E-state index is 11.3. The summed E-state index contributed by atoms with van der Waals surface area (Å²) >= 11 is 0. The highest BCUT2D eigenvalue weighted by Crippen LogP contribution is 1.91. The number of hydrogen-bond acceptors (Lipinski definition) is 8. The molecule has 0 saturated heterocycles. The minimum atomic E-state index is -0.991. The molecule has 0 bridgehead atoms. The van der Waals surface area contributed by atoms with E-state index in [1.807, 2.05) is 0 Å². The normalized spacial score (nSPS) is 10.6. The van der Waals surface area contributed by atoms with Crippen LogP contribution in [0.5, 0.6) is 0 Å². The molecule has 0 unspecified atom stereocenters. The van der Waals surface area contributed by atoms with Crippen LogP contribution in [0.4, 0.5) is 0 Å². The molecule has 0 aromatic carbocycles. The van der Waals surface area contributed by atoms with E-state index in [2.05, 4.69) is 10.6 Å². The highest BCUT2D eigenvalue weighted by molar-refractivity contribution is 5.81. The molecule has 0 heterocycles. The van der Waals surface area contributed by atoms with E-state index in [-0.39, 0.29) is 37.5 Å². The minimum Gasteiger partial charge on any atom is -0.481 e. The first-order valence-corrected chi connectivity index (χ1v) is 10.7. The second-order valence-corrected chi connectivity index (χ2v) is 6.64. The summed E-state index contributed by atoms with van der Waals surface area (Å²) in [5, 5.41) is 22.2. The standard InChI is InChI=1S/C20H36N2O10/c23-17(3-5-19(25)26)21-7-1-9-29-11-13-31-15-16-32-14-12-30-10-2-8-22-18(24)4-6-20(27)28/h1-16H2,(H,21,23)(H,22,24)(H,25,26)(H,27,28). The van der Waals surface area contributed by atoms with Crippen LogP contribution in [0.1, 0.15) is 38.5 Å². The van der Waals surface area contributed by atoms with E-state index in [9.17, 15) is 19.2 Å². The average molecular weight is 465 g/mol. The topological polar surface area (TPSA) is 170 Å². The molecule has 12 heteroatoms. The lowest BCUT2D eigenvalue weighted by Crippen LogP contribution is -2.25. The van der Waals surface area contributed by atoms with E-state index in [0.29, 0.717) is 78.8 Å². The van der Waals surface area contributed by atoms with Gasteiger partial charge >= 0.3 is 11.9 Å². The molecule has 0 radical (unpaired) electrons. The Hall–Kier alpha value is -2.28. The summed E-state index contributed by atoms with van der Waals surface area (Å²) in [5.41, 5.74) is 0. The average Bonchev–Trinajstić information content (AvgIpc) is 2.75. The van der Waals surface area contributed by atoms with E-state index in [1.165, 1.54) is 0 Å². The van der Waals surface area contributed by atoms with Crippen LogP contribution in [-0.2, 0) is 38.1 Å². The van der Waals surface area contributed by atoms with Gasteiger partial charge in [-0.25, -0.2) is 0 Å². The molecule has 0 aromatic rings. The van der Waals surface area contributed by atoms with E-state index in [0.717, 1.165) is 0 Å². The summed E-state index contributed by atoms with van der Waals surface area (Å²) in [5.74, 6) is -2.54. The van der Waals surface area contributed by atoms with E-state index in [1.54, 1.807) is 0 Å². The third kappa shape index (κ3) is 24.0. The summed E-state index contributed by atoms with van der Waals surface area (Å²) in [4.78, 5) is 43.2. The molecule has 32 heavy (non-hydrogen) atoms. The van der Waals surface area contributed by atoms with Crippen LogP contribution in [0.15, 0.2) is 0 Å². The first-order chi connectivity index (χ1) is 15.4. The smallest absolute Gasteiger partial charge is 0.303 e. The molecule has 0 aromatic heterocycles. The minimum absolute atomic E-state index is 0.0184. The number of carbonyl (C=O) groups is 4. The number of amides is 2. The van der Waals surface area contributed by atoms with Crippen LogP contribution in [-0.4, -0.2) is 99.9 Å². The predicted octanol–water partition coefficient (Wildman–Crippen LogP) is -0.205. The fourth-order valence-electron chi connectivity index (χ4n) is 2.18. The molecule has 0 rings (SSSR count). The lowest BCUT2D eigenvalue weighted by molar-refractivity contribution is -0.139. The van der Waals surface area contributed by atoms with E-state index >= 15 is 0 Å². The fourth-order valence-corrected chi connectivity index (χ4v) is 2.18. The molecule has 12 nitrogen and oxygen atoms in total. The molecular formula is C20H36N2O10. The van der Waals surface area contributed by atoms with Crippen molar-refractivity contribution in [2.75, 3.05) is 65.9 Å². The van der Waals surface area contributed by atoms with Crippen molar-refractivity contribution < 1.29 is 48.3 Å². The molecular weight excluding hydrogens is 428 g/mol. The lowest BCUT2D eigenvalue weighted by atomic mass is 10.3. The van der Waals surface area contributed by atoms with Crippen molar-refractivity contribution in [3.8, 4) is 0 Å². The summed E-state index contributed by atoms with van der Waals surface area (Å²) in [6.07, 6.45) is 0.898. The van der Waals surface area contributed by atoms with E-state index < -0.39 is 11.9 Å². The molecule has 4 N–H and O–H groups in total. The summed E-state index contributed by atoms with van der Waals surface area (Å²) in [6.45, 7) is 4.44. The molecule has 0 aliphatic heterocycles. The summed E-state index contributed by atoms with van der Waals surface area (Å²) in [6, 6.07) is 0. The third-order valence-electron chi connectivity index (χ3n) is 3.82. The zero-order chi connectivity index (χ0) is 23.9. The molecule has 186 valence electrons. The highest BCUT2D eigenvalue weighted by atomic mass is 16.6. The van der Waals surface area contributed by atoms with Crippen molar-refractivity contribution in [1.82, 2.24) is 10.6 Å². The second kappa shape index (κ2) is 21.9. The summed E-state index contributed by atoms with van der Waals surface area (Å²) in [7, 11) is 0. The van der Waals surface area contributed by atoms with Gasteiger partial charge in [-0.2, -0.15) is 0 Å². The van der Waals surface area contributed by atoms with Crippen LogP contribution < -0.4 is 10.6 Å². The van der Waals surface area contributed by atoms with Gasteiger partial charge in [0.15, 0.2) is 0 Å². The zero-order valence-corrected chi connectivity index (χ0v) is 18.5. The summed E-state index contributed by atoms with van der Waals surface area (Å²) < 4.78 is 21.4. The predicted molar refractivity (Wildman–Crippen MR) is 112 cm³/mol. The first-order valence-electron chi connectivity index (χ1n) is 10.7. The highest BCUT2D eigenvalue weighted by Gasteiger charge is 2.05. The van der Waals surface area contributed by atoms with Crippen LogP contribution in [0.2, 0.25) is 0 Å². The Bertz CT molecular complexity index is 485. The SMILES string of the molecule is O=C(O)CCC(=O)NCCCOCCOCCOCCOCCCNC(=O)CCC(=O)O. The maximum absolute atomic E-state index is 11.3. The number of carbonyl (C=O) groups excluding carboxylic acids is 2. The van der Waals surface area contributed by atoms with Crippen molar-refractivity contribution in [3.05, 3.63) is 0 Å².